The van der Waals surface area contributed by atoms with Crippen LogP contribution in [0.2, 0.25) is 0 Å². The van der Waals surface area contributed by atoms with Crippen molar-refractivity contribution in [2.24, 2.45) is 11.0 Å². The molecular weight excluding hydrogens is 237 g/mol. The van der Waals surface area contributed by atoms with Crippen molar-refractivity contribution in [2.75, 3.05) is 7.05 Å². The highest BCUT2D eigenvalue weighted by molar-refractivity contribution is 7.80. The lowest BCUT2D eigenvalue weighted by atomic mass is 10.1. The van der Waals surface area contributed by atoms with Crippen LogP contribution in [0.3, 0.4) is 0 Å². The fourth-order valence-electron chi connectivity index (χ4n) is 1.54. The van der Waals surface area contributed by atoms with E-state index in [2.05, 4.69) is 15.8 Å². The van der Waals surface area contributed by atoms with Crippen molar-refractivity contribution in [3.63, 3.8) is 0 Å². The van der Waals surface area contributed by atoms with E-state index in [9.17, 15) is 4.39 Å². The Morgan fingerprint density at radius 1 is 1.35 bits per heavy atom. The molecular formula is C12H14FN3S. The van der Waals surface area contributed by atoms with Gasteiger partial charge in [0.25, 0.3) is 0 Å². The van der Waals surface area contributed by atoms with Gasteiger partial charge < -0.3 is 5.32 Å². The molecule has 0 amide bonds. The van der Waals surface area contributed by atoms with Gasteiger partial charge in [0.2, 0.25) is 0 Å². The summed E-state index contributed by atoms with van der Waals surface area (Å²) >= 11 is 4.96. The van der Waals surface area contributed by atoms with Crippen LogP contribution in [0.15, 0.2) is 29.4 Å². The molecule has 1 saturated carbocycles. The molecule has 0 heterocycles. The summed E-state index contributed by atoms with van der Waals surface area (Å²) < 4.78 is 12.8. The lowest BCUT2D eigenvalue weighted by molar-refractivity contribution is 0.627. The molecule has 2 rings (SSSR count). The summed E-state index contributed by atoms with van der Waals surface area (Å²) in [6.45, 7) is 0. The van der Waals surface area contributed by atoms with Gasteiger partial charge >= 0.3 is 0 Å². The van der Waals surface area contributed by atoms with Gasteiger partial charge in [-0.05, 0) is 42.8 Å². The van der Waals surface area contributed by atoms with E-state index >= 15 is 0 Å². The molecule has 1 aliphatic rings. The molecule has 0 atom stereocenters. The summed E-state index contributed by atoms with van der Waals surface area (Å²) in [5.74, 6) is 0.232. The fraction of sp³-hybridized carbons (Fsp3) is 0.333. The van der Waals surface area contributed by atoms with Crippen molar-refractivity contribution >= 4 is 23.0 Å². The maximum Gasteiger partial charge on any atom is 0.186 e. The number of halogens is 1. The number of hydrogen-bond donors (Lipinski definition) is 2. The van der Waals surface area contributed by atoms with Crippen LogP contribution in [0.4, 0.5) is 4.39 Å². The average Bonchev–Trinajstić information content (AvgIpc) is 3.15. The summed E-state index contributed by atoms with van der Waals surface area (Å²) in [7, 11) is 1.74. The van der Waals surface area contributed by atoms with Crippen molar-refractivity contribution < 1.29 is 4.39 Å². The Labute approximate surface area is 105 Å². The predicted octanol–water partition coefficient (Wildman–Crippen LogP) is 2.03. The van der Waals surface area contributed by atoms with Gasteiger partial charge in [-0.2, -0.15) is 5.10 Å². The lowest BCUT2D eigenvalue weighted by Crippen LogP contribution is -2.29. The fourth-order valence-corrected chi connectivity index (χ4v) is 1.58. The van der Waals surface area contributed by atoms with Crippen molar-refractivity contribution in [3.8, 4) is 0 Å². The van der Waals surface area contributed by atoms with Crippen molar-refractivity contribution in [1.82, 2.24) is 10.7 Å². The summed E-state index contributed by atoms with van der Waals surface area (Å²) in [6.07, 6.45) is 2.26. The SMILES string of the molecule is CNC(=S)N/N=C(/c1ccc(F)cc1)C1CC1. The number of benzene rings is 1. The summed E-state index contributed by atoms with van der Waals surface area (Å²) in [6, 6.07) is 6.39. The van der Waals surface area contributed by atoms with Crippen LogP contribution in [0, 0.1) is 11.7 Å². The molecule has 0 radical (unpaired) electrons. The largest absolute Gasteiger partial charge is 0.364 e. The van der Waals surface area contributed by atoms with Gasteiger partial charge in [0.15, 0.2) is 5.11 Å². The van der Waals surface area contributed by atoms with E-state index in [0.717, 1.165) is 24.1 Å². The molecule has 0 unspecified atom stereocenters. The Kier molecular flexibility index (Phi) is 3.68. The van der Waals surface area contributed by atoms with Crippen LogP contribution in [-0.4, -0.2) is 17.9 Å². The number of nitrogens with zero attached hydrogens (tertiary/aromatic N) is 1. The van der Waals surface area contributed by atoms with Crippen molar-refractivity contribution in [2.45, 2.75) is 12.8 Å². The molecule has 17 heavy (non-hydrogen) atoms. The first kappa shape index (κ1) is 12.0. The zero-order valence-electron chi connectivity index (χ0n) is 9.53. The van der Waals surface area contributed by atoms with Crippen LogP contribution < -0.4 is 10.7 Å². The minimum Gasteiger partial charge on any atom is -0.364 e. The molecule has 1 aromatic carbocycles. The highest BCUT2D eigenvalue weighted by atomic mass is 32.1. The second kappa shape index (κ2) is 5.23. The standard InChI is InChI=1S/C12H14FN3S/c1-14-12(17)16-15-11(8-2-3-8)9-4-6-10(13)7-5-9/h4-8H,2-3H2,1H3,(H2,14,16,17)/b15-11+. The second-order valence-corrected chi connectivity index (χ2v) is 4.38. The molecule has 1 fully saturated rings. The highest BCUT2D eigenvalue weighted by Crippen LogP contribution is 2.33. The van der Waals surface area contributed by atoms with Gasteiger partial charge in [0.05, 0.1) is 5.71 Å². The van der Waals surface area contributed by atoms with Crippen molar-refractivity contribution in [1.29, 1.82) is 0 Å². The van der Waals surface area contributed by atoms with E-state index in [-0.39, 0.29) is 5.82 Å². The first-order valence-corrected chi connectivity index (χ1v) is 5.93. The Balaban J connectivity index is 2.17. The normalized spacial score (nSPS) is 15.5. The van der Waals surface area contributed by atoms with Gasteiger partial charge in [-0.15, -0.1) is 0 Å². The van der Waals surface area contributed by atoms with Crippen LogP contribution in [0.1, 0.15) is 18.4 Å². The van der Waals surface area contributed by atoms with Crippen LogP contribution in [0.5, 0.6) is 0 Å². The third-order valence-electron chi connectivity index (χ3n) is 2.61. The van der Waals surface area contributed by atoms with E-state index < -0.39 is 0 Å². The second-order valence-electron chi connectivity index (χ2n) is 3.97. The maximum absolute atomic E-state index is 12.8. The molecule has 0 spiro atoms. The van der Waals surface area contributed by atoms with Crippen LogP contribution in [-0.2, 0) is 0 Å². The molecule has 0 aliphatic heterocycles. The third kappa shape index (κ3) is 3.23. The molecule has 0 aromatic heterocycles. The minimum atomic E-state index is -0.234. The number of rotatable bonds is 3. The lowest BCUT2D eigenvalue weighted by Gasteiger charge is -2.07. The summed E-state index contributed by atoms with van der Waals surface area (Å²) in [5, 5.41) is 7.57. The Morgan fingerprint density at radius 2 is 2.00 bits per heavy atom. The minimum absolute atomic E-state index is 0.234. The zero-order chi connectivity index (χ0) is 12.3. The Morgan fingerprint density at radius 3 is 2.53 bits per heavy atom. The molecule has 1 aliphatic carbocycles. The Bertz CT molecular complexity index is 438. The highest BCUT2D eigenvalue weighted by Gasteiger charge is 2.28. The van der Waals surface area contributed by atoms with E-state index in [4.69, 9.17) is 12.2 Å². The number of hydrazone groups is 1. The van der Waals surface area contributed by atoms with Crippen molar-refractivity contribution in [3.05, 3.63) is 35.6 Å². The monoisotopic (exact) mass is 251 g/mol. The maximum atomic E-state index is 12.8. The molecule has 3 nitrogen and oxygen atoms in total. The zero-order valence-corrected chi connectivity index (χ0v) is 10.4. The number of nitrogens with one attached hydrogen (secondary N) is 2. The molecule has 2 N–H and O–H groups in total. The molecule has 5 heteroatoms. The van der Waals surface area contributed by atoms with E-state index in [1.165, 1.54) is 12.1 Å². The third-order valence-corrected chi connectivity index (χ3v) is 2.90. The predicted molar refractivity (Wildman–Crippen MR) is 70.5 cm³/mol. The quantitative estimate of drug-likeness (QED) is 0.490. The first-order valence-electron chi connectivity index (χ1n) is 5.52. The smallest absolute Gasteiger partial charge is 0.186 e. The average molecular weight is 251 g/mol. The van der Waals surface area contributed by atoms with E-state index in [1.807, 2.05) is 0 Å². The topological polar surface area (TPSA) is 36.4 Å². The van der Waals surface area contributed by atoms with Crippen LogP contribution >= 0.6 is 12.2 Å². The van der Waals surface area contributed by atoms with Gasteiger partial charge in [-0.3, -0.25) is 5.43 Å². The van der Waals surface area contributed by atoms with Crippen LogP contribution in [0.25, 0.3) is 0 Å². The van der Waals surface area contributed by atoms with Gasteiger partial charge in [0.1, 0.15) is 5.82 Å². The van der Waals surface area contributed by atoms with E-state index in [0.29, 0.717) is 11.0 Å². The Hall–Kier alpha value is -1.49. The number of thiocarbonyl (C=S) groups is 1. The molecule has 0 bridgehead atoms. The summed E-state index contributed by atoms with van der Waals surface area (Å²) in [5.41, 5.74) is 4.67. The summed E-state index contributed by atoms with van der Waals surface area (Å²) in [4.78, 5) is 0. The van der Waals surface area contributed by atoms with Gasteiger partial charge in [-0.1, -0.05) is 12.1 Å². The van der Waals surface area contributed by atoms with Gasteiger partial charge in [-0.25, -0.2) is 4.39 Å². The molecule has 0 saturated heterocycles. The van der Waals surface area contributed by atoms with Gasteiger partial charge in [0, 0.05) is 13.0 Å². The molecule has 90 valence electrons. The van der Waals surface area contributed by atoms with E-state index in [1.54, 1.807) is 19.2 Å². The first-order chi connectivity index (χ1) is 8.20. The number of hydrogen-bond acceptors (Lipinski definition) is 2. The molecule has 1 aromatic rings.